The smallest absolute Gasteiger partial charge is 0.404 e. The van der Waals surface area contributed by atoms with Crippen molar-refractivity contribution >= 4 is 33.0 Å². The first-order valence-electron chi connectivity index (χ1n) is 6.10. The molecule has 8 heteroatoms. The van der Waals surface area contributed by atoms with Gasteiger partial charge < -0.3 is 10.1 Å². The van der Waals surface area contributed by atoms with E-state index in [2.05, 4.69) is 31.0 Å². The summed E-state index contributed by atoms with van der Waals surface area (Å²) in [6.07, 6.45) is -3.89. The molecule has 1 N–H and O–H groups in total. The molecule has 0 spiro atoms. The molecule has 0 atom stereocenters. The lowest BCUT2D eigenvalue weighted by molar-refractivity contribution is -0.274. The number of aromatic nitrogens is 1. The molecular weight excluding hydrogens is 369 g/mol. The van der Waals surface area contributed by atoms with Crippen molar-refractivity contribution in [2.75, 3.05) is 5.32 Å². The van der Waals surface area contributed by atoms with Gasteiger partial charge in [-0.05, 0) is 24.6 Å². The summed E-state index contributed by atoms with van der Waals surface area (Å²) in [5, 5.41) is 5.79. The number of ether oxygens (including phenoxy) is 1. The molecule has 0 aliphatic heterocycles. The number of benzene rings is 1. The number of hydrogen-bond acceptors (Lipinski definition) is 4. The zero-order valence-corrected chi connectivity index (χ0v) is 13.4. The minimum Gasteiger partial charge on any atom is -0.404 e. The molecule has 0 saturated carbocycles. The summed E-state index contributed by atoms with van der Waals surface area (Å²) in [5.74, 6) is -0.275. The fourth-order valence-corrected chi connectivity index (χ4v) is 2.71. The minimum atomic E-state index is -4.73. The Balaban J connectivity index is 2.11. The standard InChI is InChI=1S/C13H12BrF3N2OS/c1-2-12-19-9(7-21-12)6-18-10-4-3-8(14)5-11(10)20-13(15,16)17/h3-5,7,18H,2,6H2,1H3. The highest BCUT2D eigenvalue weighted by Crippen LogP contribution is 2.33. The summed E-state index contributed by atoms with van der Waals surface area (Å²) in [6.45, 7) is 2.34. The molecule has 0 fully saturated rings. The van der Waals surface area contributed by atoms with Crippen LogP contribution in [0.1, 0.15) is 17.6 Å². The van der Waals surface area contributed by atoms with Gasteiger partial charge in [0, 0.05) is 9.85 Å². The van der Waals surface area contributed by atoms with Crippen molar-refractivity contribution in [1.29, 1.82) is 0 Å². The predicted octanol–water partition coefficient (Wildman–Crippen LogP) is 4.98. The molecule has 0 amide bonds. The molecule has 114 valence electrons. The van der Waals surface area contributed by atoms with Gasteiger partial charge in [0.25, 0.3) is 0 Å². The summed E-state index contributed by atoms with van der Waals surface area (Å²) >= 11 is 4.66. The van der Waals surface area contributed by atoms with Crippen LogP contribution in [0.2, 0.25) is 0 Å². The number of rotatable bonds is 5. The molecule has 0 aliphatic carbocycles. The fourth-order valence-electron chi connectivity index (χ4n) is 1.63. The molecule has 1 aromatic heterocycles. The van der Waals surface area contributed by atoms with E-state index in [1.54, 1.807) is 6.07 Å². The highest BCUT2D eigenvalue weighted by molar-refractivity contribution is 9.10. The van der Waals surface area contributed by atoms with Crippen LogP contribution in [0.3, 0.4) is 0 Å². The number of aryl methyl sites for hydroxylation is 1. The van der Waals surface area contributed by atoms with Crippen LogP contribution in [-0.4, -0.2) is 11.3 Å². The molecule has 0 unspecified atom stereocenters. The van der Waals surface area contributed by atoms with E-state index in [1.165, 1.54) is 23.5 Å². The topological polar surface area (TPSA) is 34.2 Å². The van der Waals surface area contributed by atoms with Gasteiger partial charge in [-0.3, -0.25) is 0 Å². The number of alkyl halides is 3. The van der Waals surface area contributed by atoms with E-state index in [9.17, 15) is 13.2 Å². The molecule has 1 aromatic carbocycles. The molecule has 0 radical (unpaired) electrons. The summed E-state index contributed by atoms with van der Waals surface area (Å²) in [4.78, 5) is 4.35. The van der Waals surface area contributed by atoms with Crippen molar-refractivity contribution in [3.63, 3.8) is 0 Å². The van der Waals surface area contributed by atoms with Gasteiger partial charge in [0.1, 0.15) is 0 Å². The third kappa shape index (κ3) is 4.89. The molecule has 3 nitrogen and oxygen atoms in total. The van der Waals surface area contributed by atoms with Crippen LogP contribution in [0.4, 0.5) is 18.9 Å². The van der Waals surface area contributed by atoms with Gasteiger partial charge in [-0.1, -0.05) is 22.9 Å². The Labute approximate surface area is 132 Å². The number of hydrogen-bond donors (Lipinski definition) is 1. The lowest BCUT2D eigenvalue weighted by Gasteiger charge is -2.14. The van der Waals surface area contributed by atoms with E-state index >= 15 is 0 Å². The number of nitrogens with one attached hydrogen (secondary N) is 1. The second-order valence-corrected chi connectivity index (χ2v) is 5.99. The number of halogens is 4. The van der Waals surface area contributed by atoms with Gasteiger partial charge in [0.05, 0.1) is 22.9 Å². The van der Waals surface area contributed by atoms with Crippen molar-refractivity contribution < 1.29 is 17.9 Å². The second-order valence-electron chi connectivity index (χ2n) is 4.13. The SMILES string of the molecule is CCc1nc(CNc2ccc(Br)cc2OC(F)(F)F)cs1. The maximum absolute atomic E-state index is 12.4. The molecular formula is C13H12BrF3N2OS. The summed E-state index contributed by atoms with van der Waals surface area (Å²) in [7, 11) is 0. The number of nitrogens with zero attached hydrogens (tertiary/aromatic N) is 1. The summed E-state index contributed by atoms with van der Waals surface area (Å²) < 4.78 is 41.7. The maximum Gasteiger partial charge on any atom is 0.573 e. The Bertz CT molecular complexity index is 616. The van der Waals surface area contributed by atoms with E-state index in [0.29, 0.717) is 11.0 Å². The second kappa shape index (κ2) is 6.65. The van der Waals surface area contributed by atoms with E-state index in [-0.39, 0.29) is 11.4 Å². The summed E-state index contributed by atoms with van der Waals surface area (Å²) in [6, 6.07) is 4.44. The maximum atomic E-state index is 12.4. The zero-order chi connectivity index (χ0) is 15.5. The molecule has 0 aliphatic rings. The highest BCUT2D eigenvalue weighted by Gasteiger charge is 2.32. The molecule has 2 aromatic rings. The third-order valence-corrected chi connectivity index (χ3v) is 4.07. The van der Waals surface area contributed by atoms with Gasteiger partial charge >= 0.3 is 6.36 Å². The predicted molar refractivity (Wildman–Crippen MR) is 79.6 cm³/mol. The van der Waals surface area contributed by atoms with Gasteiger partial charge in [-0.25, -0.2) is 4.98 Å². The van der Waals surface area contributed by atoms with Crippen molar-refractivity contribution in [3.05, 3.63) is 38.8 Å². The molecule has 2 rings (SSSR count). The Hall–Kier alpha value is -1.28. The van der Waals surface area contributed by atoms with Crippen molar-refractivity contribution in [2.45, 2.75) is 26.3 Å². The first kappa shape index (κ1) is 16.1. The van der Waals surface area contributed by atoms with Crippen LogP contribution in [-0.2, 0) is 13.0 Å². The van der Waals surface area contributed by atoms with Crippen molar-refractivity contribution in [2.24, 2.45) is 0 Å². The van der Waals surface area contributed by atoms with Crippen LogP contribution in [0.5, 0.6) is 5.75 Å². The average Bonchev–Trinajstić information content (AvgIpc) is 2.84. The Morgan fingerprint density at radius 3 is 2.76 bits per heavy atom. The normalized spacial score (nSPS) is 11.5. The Morgan fingerprint density at radius 1 is 1.38 bits per heavy atom. The largest absolute Gasteiger partial charge is 0.573 e. The van der Waals surface area contributed by atoms with Crippen molar-refractivity contribution in [3.8, 4) is 5.75 Å². The van der Waals surface area contributed by atoms with E-state index in [1.807, 2.05) is 12.3 Å². The average molecular weight is 381 g/mol. The highest BCUT2D eigenvalue weighted by atomic mass is 79.9. The van der Waals surface area contributed by atoms with Crippen LogP contribution in [0.25, 0.3) is 0 Å². The number of anilines is 1. The van der Waals surface area contributed by atoms with E-state index in [4.69, 9.17) is 0 Å². The molecule has 21 heavy (non-hydrogen) atoms. The quantitative estimate of drug-likeness (QED) is 0.794. The molecule has 0 saturated heterocycles. The monoisotopic (exact) mass is 380 g/mol. The van der Waals surface area contributed by atoms with Gasteiger partial charge in [-0.2, -0.15) is 0 Å². The first-order valence-corrected chi connectivity index (χ1v) is 7.77. The molecule has 0 bridgehead atoms. The first-order chi connectivity index (χ1) is 9.87. The van der Waals surface area contributed by atoms with Crippen molar-refractivity contribution in [1.82, 2.24) is 4.98 Å². The summed E-state index contributed by atoms with van der Waals surface area (Å²) in [5.41, 5.74) is 1.05. The molecule has 1 heterocycles. The van der Waals surface area contributed by atoms with Crippen LogP contribution < -0.4 is 10.1 Å². The minimum absolute atomic E-state index is 0.265. The zero-order valence-electron chi connectivity index (χ0n) is 11.0. The van der Waals surface area contributed by atoms with E-state index in [0.717, 1.165) is 17.1 Å². The Morgan fingerprint density at radius 2 is 2.14 bits per heavy atom. The van der Waals surface area contributed by atoms with E-state index < -0.39 is 6.36 Å². The number of thiazole rings is 1. The van der Waals surface area contributed by atoms with Crippen LogP contribution in [0.15, 0.2) is 28.1 Å². The lowest BCUT2D eigenvalue weighted by Crippen LogP contribution is -2.18. The van der Waals surface area contributed by atoms with Crippen LogP contribution >= 0.6 is 27.3 Å². The van der Waals surface area contributed by atoms with Gasteiger partial charge in [0.15, 0.2) is 5.75 Å². The third-order valence-electron chi connectivity index (χ3n) is 2.53. The Kier molecular flexibility index (Phi) is 5.10. The van der Waals surface area contributed by atoms with Gasteiger partial charge in [0.2, 0.25) is 0 Å². The lowest BCUT2D eigenvalue weighted by atomic mass is 10.3. The fraction of sp³-hybridized carbons (Fsp3) is 0.308. The van der Waals surface area contributed by atoms with Gasteiger partial charge in [-0.15, -0.1) is 24.5 Å². The van der Waals surface area contributed by atoms with Crippen LogP contribution in [0, 0.1) is 0 Å².